The summed E-state index contributed by atoms with van der Waals surface area (Å²) >= 11 is 0. The van der Waals surface area contributed by atoms with Gasteiger partial charge in [-0.3, -0.25) is 18.6 Å². The number of amides is 1. The third-order valence-corrected chi connectivity index (χ3v) is 13.8. The van der Waals surface area contributed by atoms with E-state index in [1.807, 2.05) is 26.1 Å². The van der Waals surface area contributed by atoms with E-state index in [2.05, 4.69) is 29.5 Å². The summed E-state index contributed by atoms with van der Waals surface area (Å²) in [7, 11) is -1.02. The highest BCUT2D eigenvalue weighted by Gasteiger charge is 2.33. The monoisotopic (exact) mass is 890 g/mol. The average Bonchev–Trinajstić information content (AvgIpc) is 4.10. The van der Waals surface area contributed by atoms with Gasteiger partial charge in [0.25, 0.3) is 15.9 Å². The fourth-order valence-corrected chi connectivity index (χ4v) is 10.5. The second kappa shape index (κ2) is 15.8. The Labute approximate surface area is 367 Å². The van der Waals surface area contributed by atoms with Crippen LogP contribution < -0.4 is 11.0 Å². The van der Waals surface area contributed by atoms with Gasteiger partial charge in [0.1, 0.15) is 17.3 Å². The number of nitrogens with zero attached hydrogens (tertiary/aromatic N) is 9. The van der Waals surface area contributed by atoms with Gasteiger partial charge in [0, 0.05) is 68.6 Å². The molecule has 1 atom stereocenters. The van der Waals surface area contributed by atoms with Crippen molar-refractivity contribution in [3.05, 3.63) is 135 Å². The van der Waals surface area contributed by atoms with Gasteiger partial charge in [0.05, 0.1) is 39.9 Å². The maximum atomic E-state index is 16.0. The van der Waals surface area contributed by atoms with Gasteiger partial charge < -0.3 is 14.6 Å². The normalized spacial score (nSPS) is 15.4. The van der Waals surface area contributed by atoms with Gasteiger partial charge in [-0.05, 0) is 118 Å². The van der Waals surface area contributed by atoms with Gasteiger partial charge >= 0.3 is 5.69 Å². The van der Waals surface area contributed by atoms with Crippen LogP contribution in [0.2, 0.25) is 0 Å². The Balaban J connectivity index is 1.08. The van der Waals surface area contributed by atoms with Crippen molar-refractivity contribution >= 4 is 37.7 Å². The van der Waals surface area contributed by atoms with E-state index in [4.69, 9.17) is 9.84 Å². The van der Waals surface area contributed by atoms with E-state index in [0.717, 1.165) is 22.4 Å². The van der Waals surface area contributed by atoms with Crippen LogP contribution >= 0.6 is 0 Å². The smallest absolute Gasteiger partial charge is 0.338 e. The van der Waals surface area contributed by atoms with E-state index >= 15 is 4.39 Å². The van der Waals surface area contributed by atoms with E-state index in [1.165, 1.54) is 26.2 Å². The van der Waals surface area contributed by atoms with Crippen molar-refractivity contribution in [1.29, 1.82) is 0 Å². The lowest BCUT2D eigenvalue weighted by Crippen LogP contribution is -2.32. The van der Waals surface area contributed by atoms with Crippen molar-refractivity contribution in [3.63, 3.8) is 0 Å². The number of hydrogen-bond donors (Lipinski definition) is 1. The quantitative estimate of drug-likeness (QED) is 0.150. The SMILES string of the molecule is CCc1c(CCNC(=O)c2cc3cc([C@H]4CCOC(C)(C)C4)ccc3n2S(=O)(=O)c2cn(C)nn2)nn(-c2cc(C)c(F)c(C)c2)c1-n1ccn(-c2ccc3c(ccn3C)c2F)c1=O. The molecule has 9 rings (SSSR count). The zero-order chi connectivity index (χ0) is 45.4. The Hall–Kier alpha value is -6.66. The number of halogens is 2. The molecule has 18 heteroatoms. The predicted molar refractivity (Wildman–Crippen MR) is 237 cm³/mol. The zero-order valence-corrected chi connectivity index (χ0v) is 37.4. The number of rotatable bonds is 11. The molecule has 8 aromatic rings. The Morgan fingerprint density at radius 3 is 2.39 bits per heavy atom. The largest absolute Gasteiger partial charge is 0.376 e. The van der Waals surface area contributed by atoms with Crippen molar-refractivity contribution in [2.24, 2.45) is 14.1 Å². The summed E-state index contributed by atoms with van der Waals surface area (Å²) in [6.07, 6.45) is 8.23. The fourth-order valence-electron chi connectivity index (χ4n) is 9.05. The van der Waals surface area contributed by atoms with Crippen LogP contribution in [0.4, 0.5) is 8.78 Å². The molecule has 0 bridgehead atoms. The minimum Gasteiger partial charge on any atom is -0.376 e. The van der Waals surface area contributed by atoms with Crippen LogP contribution in [0, 0.1) is 25.5 Å². The Kier molecular flexibility index (Phi) is 10.6. The van der Waals surface area contributed by atoms with Crippen LogP contribution in [0.3, 0.4) is 0 Å². The summed E-state index contributed by atoms with van der Waals surface area (Å²) in [5, 5.41) is 16.2. The summed E-state index contributed by atoms with van der Waals surface area (Å²) < 4.78 is 73.6. The summed E-state index contributed by atoms with van der Waals surface area (Å²) in [6.45, 7) is 9.93. The number of nitrogens with one attached hydrogen (secondary N) is 1. The Morgan fingerprint density at radius 1 is 0.953 bits per heavy atom. The maximum Gasteiger partial charge on any atom is 0.338 e. The lowest BCUT2D eigenvalue weighted by molar-refractivity contribution is -0.0592. The molecule has 6 heterocycles. The fraction of sp³-hybridized carbons (Fsp3) is 0.326. The number of imidazole rings is 1. The zero-order valence-electron chi connectivity index (χ0n) is 36.6. The topological polar surface area (TPSA) is 158 Å². The molecule has 0 radical (unpaired) electrons. The van der Waals surface area contributed by atoms with Crippen molar-refractivity contribution in [2.75, 3.05) is 13.2 Å². The molecule has 5 aromatic heterocycles. The lowest BCUT2D eigenvalue weighted by Gasteiger charge is -2.35. The molecule has 332 valence electrons. The molecule has 0 aliphatic carbocycles. The lowest BCUT2D eigenvalue weighted by atomic mass is 9.83. The average molecular weight is 891 g/mol. The molecule has 64 heavy (non-hydrogen) atoms. The molecular weight excluding hydrogens is 843 g/mol. The minimum atomic E-state index is -4.39. The van der Waals surface area contributed by atoms with E-state index in [-0.39, 0.29) is 46.7 Å². The van der Waals surface area contributed by atoms with Crippen LogP contribution in [0.1, 0.15) is 78.0 Å². The molecular formula is C46H48F2N10O5S. The highest BCUT2D eigenvalue weighted by molar-refractivity contribution is 7.90. The molecule has 1 amide bonds. The number of ether oxygens (including phenoxy) is 1. The number of hydrogen-bond acceptors (Lipinski definition) is 8. The summed E-state index contributed by atoms with van der Waals surface area (Å²) in [5.41, 5.74) is 3.55. The highest BCUT2D eigenvalue weighted by Crippen LogP contribution is 2.38. The second-order valence-electron chi connectivity index (χ2n) is 17.1. The van der Waals surface area contributed by atoms with E-state index < -0.39 is 27.4 Å². The van der Waals surface area contributed by atoms with Gasteiger partial charge in [0.2, 0.25) is 5.03 Å². The van der Waals surface area contributed by atoms with Crippen molar-refractivity contribution < 1.29 is 26.7 Å². The molecule has 1 fully saturated rings. The van der Waals surface area contributed by atoms with E-state index in [1.54, 1.807) is 85.0 Å². The van der Waals surface area contributed by atoms with Crippen LogP contribution in [-0.4, -0.2) is 75.5 Å². The predicted octanol–water partition coefficient (Wildman–Crippen LogP) is 6.73. The van der Waals surface area contributed by atoms with Gasteiger partial charge in [-0.25, -0.2) is 22.2 Å². The number of benzene rings is 3. The number of carbonyl (C=O) groups is 1. The van der Waals surface area contributed by atoms with Gasteiger partial charge in [0.15, 0.2) is 5.82 Å². The van der Waals surface area contributed by atoms with Gasteiger partial charge in [-0.1, -0.05) is 18.2 Å². The van der Waals surface area contributed by atoms with Crippen molar-refractivity contribution in [3.8, 4) is 17.2 Å². The van der Waals surface area contributed by atoms with Crippen molar-refractivity contribution in [1.82, 2.24) is 47.8 Å². The van der Waals surface area contributed by atoms with E-state index in [9.17, 15) is 22.4 Å². The molecule has 1 saturated heterocycles. The first-order valence-electron chi connectivity index (χ1n) is 21.1. The summed E-state index contributed by atoms with van der Waals surface area (Å²) in [6, 6.07) is 15.4. The van der Waals surface area contributed by atoms with Crippen LogP contribution in [0.25, 0.3) is 39.0 Å². The summed E-state index contributed by atoms with van der Waals surface area (Å²) in [4.78, 5) is 28.6. The third kappa shape index (κ3) is 7.23. The van der Waals surface area contributed by atoms with Crippen LogP contribution in [0.15, 0.2) is 89.2 Å². The van der Waals surface area contributed by atoms with Crippen molar-refractivity contribution in [2.45, 2.75) is 76.8 Å². The van der Waals surface area contributed by atoms with Crippen LogP contribution in [0.5, 0.6) is 0 Å². The molecule has 0 unspecified atom stereocenters. The number of fused-ring (bicyclic) bond motifs is 2. The van der Waals surface area contributed by atoms with Gasteiger partial charge in [-0.15, -0.1) is 5.10 Å². The van der Waals surface area contributed by atoms with Gasteiger partial charge in [-0.2, -0.15) is 13.5 Å². The maximum absolute atomic E-state index is 16.0. The highest BCUT2D eigenvalue weighted by atomic mass is 32.2. The third-order valence-electron chi connectivity index (χ3n) is 12.2. The summed E-state index contributed by atoms with van der Waals surface area (Å²) in [5.74, 6) is -1.01. The Bertz CT molecular complexity index is 3310. The van der Waals surface area contributed by atoms with Crippen LogP contribution in [-0.2, 0) is 41.7 Å². The first-order valence-corrected chi connectivity index (χ1v) is 22.5. The molecule has 3 aromatic carbocycles. The molecule has 1 N–H and O–H groups in total. The standard InChI is InChI=1S/C46H48F2N10O5S/c1-8-33-35(51-57(32-21-27(2)41(47)28(3)22-32)44(33)56-19-18-55(45(56)60)38-12-11-37-34(42(38)48)14-17-53(37)6)13-16-49-43(59)39-24-31-23-29(30-15-20-63-46(4,5)25-30)9-10-36(31)58(39)64(61,62)40-26-54(7)52-50-40/h9-12,14,17-19,21-24,26,30H,8,13,15-16,20,25H2,1-7H3,(H,49,59)/t30-/m0/s1. The molecule has 0 spiro atoms. The number of carbonyl (C=O) groups excluding carboxylic acids is 1. The van der Waals surface area contributed by atoms with E-state index in [0.29, 0.717) is 68.7 Å². The molecule has 1 aliphatic rings. The molecule has 1 aliphatic heterocycles. The molecule has 0 saturated carbocycles. The molecule has 15 nitrogen and oxygen atoms in total. The first-order chi connectivity index (χ1) is 30.5. The Morgan fingerprint density at radius 2 is 1.69 bits per heavy atom. The minimum absolute atomic E-state index is 0.0249. The first kappa shape index (κ1) is 42.6. The number of aryl methyl sites for hydroxylation is 4. The number of aromatic nitrogens is 9. The second-order valence-corrected chi connectivity index (χ2v) is 18.9.